The number of nitrogens with zero attached hydrogens (tertiary/aromatic N) is 6. The third-order valence-corrected chi connectivity index (χ3v) is 10.8. The molecule has 12 nitrogen and oxygen atoms in total. The molecule has 4 heterocycles. The summed E-state index contributed by atoms with van der Waals surface area (Å²) >= 11 is 0. The van der Waals surface area contributed by atoms with Gasteiger partial charge in [0.25, 0.3) is 0 Å². The smallest absolute Gasteiger partial charge is 0.545 e. The van der Waals surface area contributed by atoms with Gasteiger partial charge in [-0.15, -0.1) is 0 Å². The van der Waals surface area contributed by atoms with Crippen LogP contribution in [0, 0.1) is 11.6 Å². The summed E-state index contributed by atoms with van der Waals surface area (Å²) in [7, 11) is 0. The molecule has 0 radical (unpaired) electrons. The fourth-order valence-corrected chi connectivity index (χ4v) is 7.41. The van der Waals surface area contributed by atoms with Crippen LogP contribution in [-0.2, 0) is 17.1 Å². The van der Waals surface area contributed by atoms with Crippen LogP contribution in [0.2, 0.25) is 0 Å². The maximum absolute atomic E-state index is 14.8. The average Bonchev–Trinajstić information content (AvgIpc) is 4.07. The summed E-state index contributed by atoms with van der Waals surface area (Å²) in [5, 5.41) is 22.8. The first-order valence-corrected chi connectivity index (χ1v) is 18.1. The Morgan fingerprint density at radius 3 is 1.25 bits per heavy atom. The van der Waals surface area contributed by atoms with E-state index in [0.717, 1.165) is 91.1 Å². The Labute approximate surface area is 315 Å². The largest absolute Gasteiger partial charge is 2.00 e. The van der Waals surface area contributed by atoms with Gasteiger partial charge in [-0.2, -0.15) is 0 Å². The Morgan fingerprint density at radius 1 is 0.623 bits per heavy atom. The molecule has 53 heavy (non-hydrogen) atoms. The van der Waals surface area contributed by atoms with E-state index in [1.165, 1.54) is 24.5 Å². The minimum atomic E-state index is -1.52. The first kappa shape index (κ1) is 38.4. The molecule has 8 rings (SSSR count). The molecule has 15 heteroatoms. The molecule has 2 aliphatic carbocycles. The summed E-state index contributed by atoms with van der Waals surface area (Å²) < 4.78 is 33.2. The van der Waals surface area contributed by atoms with Gasteiger partial charge in [0.2, 0.25) is 0 Å². The van der Waals surface area contributed by atoms with E-state index in [1.807, 2.05) is 9.80 Å². The van der Waals surface area contributed by atoms with Crippen LogP contribution in [0.25, 0.3) is 21.8 Å². The first-order valence-electron chi connectivity index (χ1n) is 18.1. The van der Waals surface area contributed by atoms with Crippen LogP contribution in [0.15, 0.2) is 46.2 Å². The number of likely N-dealkylation sites (N-methyl/N-ethyl adjacent to an activating group) is 2. The van der Waals surface area contributed by atoms with Crippen molar-refractivity contribution in [2.24, 2.45) is 0 Å². The summed E-state index contributed by atoms with van der Waals surface area (Å²) in [4.78, 5) is 56.1. The Balaban J connectivity index is 0.000000178. The first-order chi connectivity index (χ1) is 25.0. The van der Waals surface area contributed by atoms with Gasteiger partial charge in [-0.05, 0) is 63.0 Å². The van der Waals surface area contributed by atoms with E-state index in [4.69, 9.17) is 0 Å². The van der Waals surface area contributed by atoms with Crippen molar-refractivity contribution in [3.05, 3.63) is 79.9 Å². The van der Waals surface area contributed by atoms with Crippen molar-refractivity contribution in [2.75, 3.05) is 75.2 Å². The van der Waals surface area contributed by atoms with Crippen molar-refractivity contribution in [1.29, 1.82) is 0 Å². The molecule has 2 saturated carbocycles. The molecule has 4 aliphatic rings. The molecule has 0 spiro atoms. The molecule has 2 aromatic carbocycles. The quantitative estimate of drug-likeness (QED) is 0.245. The second-order valence-corrected chi connectivity index (χ2v) is 14.1. The van der Waals surface area contributed by atoms with Gasteiger partial charge in [0.1, 0.15) is 11.6 Å². The van der Waals surface area contributed by atoms with E-state index in [9.17, 15) is 38.2 Å². The molecule has 282 valence electrons. The number of hydrogen-bond donors (Lipinski definition) is 0. The topological polar surface area (TPSA) is 137 Å². The normalized spacial score (nSPS) is 18.1. The molecule has 0 N–H and O–H groups in total. The number of piperazine rings is 2. The molecule has 0 bridgehead atoms. The molecule has 2 aliphatic heterocycles. The van der Waals surface area contributed by atoms with Gasteiger partial charge in [-0.3, -0.25) is 9.59 Å². The van der Waals surface area contributed by atoms with Crippen LogP contribution in [0.5, 0.6) is 0 Å². The van der Waals surface area contributed by atoms with Crippen LogP contribution in [0.1, 0.15) is 72.3 Å². The SMILES string of the molecule is CCN1CCN(c2cc3c(cc2F)c(=O)c(C(=O)[O-])cn3C2CC2)CC1.CCN1CCN(c2cc3c(cc2F)c(=O)c(C(=O)[O-])cn3C2CC2)CC1.[Fe+2]. The zero-order valence-corrected chi connectivity index (χ0v) is 30.9. The van der Waals surface area contributed by atoms with Gasteiger partial charge in [0.05, 0.1) is 45.5 Å². The number of anilines is 2. The second kappa shape index (κ2) is 15.6. The van der Waals surface area contributed by atoms with Crippen molar-refractivity contribution < 1.29 is 45.7 Å². The fourth-order valence-electron chi connectivity index (χ4n) is 7.41. The summed E-state index contributed by atoms with van der Waals surface area (Å²) in [5.41, 5.74) is -0.0438. The minimum absolute atomic E-state index is 0. The molecular formula is C38H42F2FeN6O6. The number of aromatic carboxylic acids is 2. The number of carbonyl (C=O) groups is 2. The van der Waals surface area contributed by atoms with Crippen molar-refractivity contribution >= 4 is 45.1 Å². The molecule has 2 aromatic heterocycles. The minimum Gasteiger partial charge on any atom is -0.545 e. The molecule has 4 aromatic rings. The van der Waals surface area contributed by atoms with Gasteiger partial charge >= 0.3 is 17.1 Å². The van der Waals surface area contributed by atoms with E-state index in [0.29, 0.717) is 22.4 Å². The zero-order chi connectivity index (χ0) is 36.8. The van der Waals surface area contributed by atoms with Crippen LogP contribution < -0.4 is 30.9 Å². The number of carbonyl (C=O) groups excluding carboxylic acids is 2. The maximum Gasteiger partial charge on any atom is 2.00 e. The molecular weight excluding hydrogens is 730 g/mol. The Kier molecular flexibility index (Phi) is 11.3. The molecule has 2 saturated heterocycles. The van der Waals surface area contributed by atoms with E-state index in [1.54, 1.807) is 21.3 Å². The van der Waals surface area contributed by atoms with Crippen LogP contribution in [0.3, 0.4) is 0 Å². The third kappa shape index (κ3) is 7.71. The van der Waals surface area contributed by atoms with Crippen LogP contribution >= 0.6 is 0 Å². The maximum atomic E-state index is 14.8. The number of aromatic nitrogens is 2. The second-order valence-electron chi connectivity index (χ2n) is 14.1. The predicted octanol–water partition coefficient (Wildman–Crippen LogP) is 1.96. The Morgan fingerprint density at radius 2 is 0.962 bits per heavy atom. The van der Waals surface area contributed by atoms with Crippen LogP contribution in [0.4, 0.5) is 20.2 Å². The summed E-state index contributed by atoms with van der Waals surface area (Å²) in [5.74, 6) is -4.02. The van der Waals surface area contributed by atoms with Crippen molar-refractivity contribution in [3.63, 3.8) is 0 Å². The number of rotatable bonds is 8. The summed E-state index contributed by atoms with van der Waals surface area (Å²) in [6, 6.07) is 6.09. The average molecular weight is 773 g/mol. The van der Waals surface area contributed by atoms with Gasteiger partial charge < -0.3 is 48.5 Å². The van der Waals surface area contributed by atoms with Gasteiger partial charge in [0.15, 0.2) is 10.9 Å². The number of hydrogen-bond acceptors (Lipinski definition) is 10. The van der Waals surface area contributed by atoms with Crippen LogP contribution in [-0.4, -0.2) is 96.3 Å². The standard InChI is InChI=1S/2C19H22FN3O3.Fe/c2*1-2-21-5-7-22(8-6-21)17-10-16-13(9-15(17)20)18(24)14(19(25)26)11-23(16)12-3-4-12;/h2*9-12H,2-8H2,1H3,(H,25,26);/q;;+2/p-2. The van der Waals surface area contributed by atoms with E-state index in [-0.39, 0.29) is 39.9 Å². The van der Waals surface area contributed by atoms with E-state index in [2.05, 4.69) is 23.6 Å². The molecule has 0 unspecified atom stereocenters. The zero-order valence-electron chi connectivity index (χ0n) is 29.8. The van der Waals surface area contributed by atoms with Crippen molar-refractivity contribution in [3.8, 4) is 0 Å². The third-order valence-electron chi connectivity index (χ3n) is 10.8. The monoisotopic (exact) mass is 772 g/mol. The molecule has 4 fully saturated rings. The predicted molar refractivity (Wildman–Crippen MR) is 190 cm³/mol. The number of pyridine rings is 2. The number of carboxylic acids is 2. The van der Waals surface area contributed by atoms with Crippen molar-refractivity contribution in [2.45, 2.75) is 51.6 Å². The summed E-state index contributed by atoms with van der Waals surface area (Å²) in [6.45, 7) is 12.5. The molecule has 0 atom stereocenters. The van der Waals surface area contributed by atoms with Gasteiger partial charge in [0, 0.05) is 87.6 Å². The summed E-state index contributed by atoms with van der Waals surface area (Å²) in [6.07, 6.45) is 6.40. The van der Waals surface area contributed by atoms with E-state index >= 15 is 0 Å². The van der Waals surface area contributed by atoms with Gasteiger partial charge in [-0.25, -0.2) is 8.78 Å². The fraction of sp³-hybridized carbons (Fsp3) is 0.474. The number of halogens is 2. The Hall–Kier alpha value is -4.30. The Bertz CT molecular complexity index is 2020. The molecule has 0 amide bonds. The van der Waals surface area contributed by atoms with Crippen molar-refractivity contribution in [1.82, 2.24) is 18.9 Å². The van der Waals surface area contributed by atoms with E-state index < -0.39 is 45.6 Å². The van der Waals surface area contributed by atoms with Gasteiger partial charge in [-0.1, -0.05) is 13.8 Å². The number of benzene rings is 2. The number of fused-ring (bicyclic) bond motifs is 2. The number of carboxylic acid groups (broad SMARTS) is 2.